The number of primary amides is 1. The number of benzene rings is 1. The third-order valence-corrected chi connectivity index (χ3v) is 2.08. The number of rotatable bonds is 4. The lowest BCUT2D eigenvalue weighted by molar-refractivity contribution is -0.118. The van der Waals surface area contributed by atoms with Crippen LogP contribution < -0.4 is 11.1 Å². The normalized spacial score (nSPS) is 11.9. The van der Waals surface area contributed by atoms with Gasteiger partial charge in [-0.05, 0) is 26.0 Å². The SMILES string of the molecule is CC(=O)c1cccc(N[C@@H](C)C(N)=O)c1. The maximum Gasteiger partial charge on any atom is 0.239 e. The summed E-state index contributed by atoms with van der Waals surface area (Å²) in [5.74, 6) is -0.436. The van der Waals surface area contributed by atoms with E-state index in [9.17, 15) is 9.59 Å². The fourth-order valence-electron chi connectivity index (χ4n) is 1.15. The first-order chi connectivity index (χ1) is 7.00. The molecule has 0 unspecified atom stereocenters. The zero-order chi connectivity index (χ0) is 11.4. The van der Waals surface area contributed by atoms with Crippen LogP contribution in [0.5, 0.6) is 0 Å². The molecule has 0 aromatic heterocycles. The Morgan fingerprint density at radius 2 is 2.07 bits per heavy atom. The van der Waals surface area contributed by atoms with Crippen LogP contribution >= 0.6 is 0 Å². The molecule has 0 radical (unpaired) electrons. The molecule has 0 saturated carbocycles. The van der Waals surface area contributed by atoms with Crippen LogP contribution in [0.3, 0.4) is 0 Å². The van der Waals surface area contributed by atoms with Gasteiger partial charge in [0, 0.05) is 11.3 Å². The third-order valence-electron chi connectivity index (χ3n) is 2.08. The summed E-state index contributed by atoms with van der Waals surface area (Å²) in [6.07, 6.45) is 0. The molecule has 4 nitrogen and oxygen atoms in total. The van der Waals surface area contributed by atoms with Crippen LogP contribution in [0.4, 0.5) is 5.69 Å². The predicted molar refractivity (Wildman–Crippen MR) is 58.7 cm³/mol. The maximum absolute atomic E-state index is 11.1. The average Bonchev–Trinajstić information content (AvgIpc) is 2.18. The predicted octanol–water partition coefficient (Wildman–Crippen LogP) is 1.17. The summed E-state index contributed by atoms with van der Waals surface area (Å²) >= 11 is 0. The van der Waals surface area contributed by atoms with Gasteiger partial charge in [0.15, 0.2) is 5.78 Å². The summed E-state index contributed by atoms with van der Waals surface area (Å²) in [5, 5.41) is 2.91. The molecule has 1 atom stereocenters. The van der Waals surface area contributed by atoms with Crippen molar-refractivity contribution >= 4 is 17.4 Å². The Morgan fingerprint density at radius 3 is 2.60 bits per heavy atom. The van der Waals surface area contributed by atoms with Crippen LogP contribution in [0.1, 0.15) is 24.2 Å². The molecule has 0 aliphatic carbocycles. The van der Waals surface area contributed by atoms with E-state index in [-0.39, 0.29) is 5.78 Å². The zero-order valence-electron chi connectivity index (χ0n) is 8.78. The number of hydrogen-bond donors (Lipinski definition) is 2. The van der Waals surface area contributed by atoms with Gasteiger partial charge in [-0.1, -0.05) is 12.1 Å². The monoisotopic (exact) mass is 206 g/mol. The molecular weight excluding hydrogens is 192 g/mol. The van der Waals surface area contributed by atoms with Crippen molar-refractivity contribution in [3.63, 3.8) is 0 Å². The zero-order valence-corrected chi connectivity index (χ0v) is 8.78. The molecule has 0 aliphatic rings. The average molecular weight is 206 g/mol. The molecule has 0 fully saturated rings. The summed E-state index contributed by atoms with van der Waals surface area (Å²) in [4.78, 5) is 21.9. The summed E-state index contributed by atoms with van der Waals surface area (Å²) in [6.45, 7) is 3.17. The number of carbonyl (C=O) groups excluding carboxylic acids is 2. The van der Waals surface area contributed by atoms with Gasteiger partial charge in [0.05, 0.1) is 0 Å². The number of carbonyl (C=O) groups is 2. The van der Waals surface area contributed by atoms with Crippen LogP contribution in [-0.4, -0.2) is 17.7 Å². The first-order valence-electron chi connectivity index (χ1n) is 4.67. The molecule has 0 bridgehead atoms. The first kappa shape index (κ1) is 11.2. The number of ketones is 1. The summed E-state index contributed by atoms with van der Waals surface area (Å²) < 4.78 is 0. The number of Topliss-reactive ketones (excluding diaryl/α,β-unsaturated/α-hetero) is 1. The van der Waals surface area contributed by atoms with E-state index in [1.165, 1.54) is 6.92 Å². The molecule has 0 aliphatic heterocycles. The Morgan fingerprint density at radius 1 is 1.40 bits per heavy atom. The number of nitrogens with one attached hydrogen (secondary N) is 1. The molecule has 1 rings (SSSR count). The number of nitrogens with two attached hydrogens (primary N) is 1. The lowest BCUT2D eigenvalue weighted by atomic mass is 10.1. The van der Waals surface area contributed by atoms with E-state index < -0.39 is 11.9 Å². The van der Waals surface area contributed by atoms with E-state index in [1.54, 1.807) is 31.2 Å². The lowest BCUT2D eigenvalue weighted by Crippen LogP contribution is -2.32. The van der Waals surface area contributed by atoms with Gasteiger partial charge in [-0.3, -0.25) is 9.59 Å². The Kier molecular flexibility index (Phi) is 3.44. The molecular formula is C11H14N2O2. The lowest BCUT2D eigenvalue weighted by Gasteiger charge is -2.11. The van der Waals surface area contributed by atoms with Crippen LogP contribution in [0.25, 0.3) is 0 Å². The van der Waals surface area contributed by atoms with Crippen molar-refractivity contribution in [3.05, 3.63) is 29.8 Å². The third kappa shape index (κ3) is 3.09. The van der Waals surface area contributed by atoms with Crippen LogP contribution in [0.15, 0.2) is 24.3 Å². The standard InChI is InChI=1S/C11H14N2O2/c1-7(11(12)15)13-10-5-3-4-9(6-10)8(2)14/h3-7,13H,1-2H3,(H2,12,15)/t7-/m0/s1. The first-order valence-corrected chi connectivity index (χ1v) is 4.67. The Balaban J connectivity index is 2.82. The minimum absolute atomic E-state index is 0.00891. The summed E-state index contributed by atoms with van der Waals surface area (Å²) in [7, 11) is 0. The fourth-order valence-corrected chi connectivity index (χ4v) is 1.15. The van der Waals surface area contributed by atoms with Crippen molar-refractivity contribution in [1.29, 1.82) is 0 Å². The number of hydrogen-bond acceptors (Lipinski definition) is 3. The van der Waals surface area contributed by atoms with Gasteiger partial charge in [-0.25, -0.2) is 0 Å². The van der Waals surface area contributed by atoms with Gasteiger partial charge >= 0.3 is 0 Å². The maximum atomic E-state index is 11.1. The Labute approximate surface area is 88.5 Å². The van der Waals surface area contributed by atoms with Crippen molar-refractivity contribution in [2.75, 3.05) is 5.32 Å². The highest BCUT2D eigenvalue weighted by Crippen LogP contribution is 2.12. The van der Waals surface area contributed by atoms with Gasteiger partial charge in [-0.15, -0.1) is 0 Å². The highest BCUT2D eigenvalue weighted by molar-refractivity contribution is 5.95. The molecule has 0 heterocycles. The topological polar surface area (TPSA) is 72.2 Å². The fraction of sp³-hybridized carbons (Fsp3) is 0.273. The van der Waals surface area contributed by atoms with E-state index in [1.807, 2.05) is 0 Å². The Hall–Kier alpha value is -1.84. The van der Waals surface area contributed by atoms with Gasteiger partial charge in [-0.2, -0.15) is 0 Å². The highest BCUT2D eigenvalue weighted by atomic mass is 16.1. The molecule has 80 valence electrons. The summed E-state index contributed by atoms with van der Waals surface area (Å²) in [6, 6.07) is 6.51. The van der Waals surface area contributed by atoms with Crippen LogP contribution in [0.2, 0.25) is 0 Å². The molecule has 4 heteroatoms. The molecule has 0 saturated heterocycles. The van der Waals surface area contributed by atoms with Crippen molar-refractivity contribution in [2.24, 2.45) is 5.73 Å². The van der Waals surface area contributed by atoms with E-state index in [4.69, 9.17) is 5.73 Å². The number of anilines is 1. The van der Waals surface area contributed by atoms with E-state index in [0.717, 1.165) is 0 Å². The smallest absolute Gasteiger partial charge is 0.239 e. The molecule has 3 N–H and O–H groups in total. The second-order valence-electron chi connectivity index (χ2n) is 3.41. The van der Waals surface area contributed by atoms with Crippen molar-refractivity contribution in [3.8, 4) is 0 Å². The largest absolute Gasteiger partial charge is 0.374 e. The molecule has 1 aromatic carbocycles. The van der Waals surface area contributed by atoms with Crippen LogP contribution in [-0.2, 0) is 4.79 Å². The minimum atomic E-state index is -0.452. The van der Waals surface area contributed by atoms with E-state index in [2.05, 4.69) is 5.32 Å². The molecule has 0 spiro atoms. The van der Waals surface area contributed by atoms with Crippen LogP contribution in [0, 0.1) is 0 Å². The molecule has 1 amide bonds. The van der Waals surface area contributed by atoms with Crippen molar-refractivity contribution in [1.82, 2.24) is 0 Å². The molecule has 1 aromatic rings. The van der Waals surface area contributed by atoms with Crippen molar-refractivity contribution in [2.45, 2.75) is 19.9 Å². The number of amides is 1. The minimum Gasteiger partial charge on any atom is -0.374 e. The van der Waals surface area contributed by atoms with Gasteiger partial charge in [0.25, 0.3) is 0 Å². The van der Waals surface area contributed by atoms with Gasteiger partial charge < -0.3 is 11.1 Å². The molecule has 15 heavy (non-hydrogen) atoms. The highest BCUT2D eigenvalue weighted by Gasteiger charge is 2.08. The Bertz CT molecular complexity index is 388. The van der Waals surface area contributed by atoms with Crippen molar-refractivity contribution < 1.29 is 9.59 Å². The van der Waals surface area contributed by atoms with Gasteiger partial charge in [0.2, 0.25) is 5.91 Å². The second-order valence-corrected chi connectivity index (χ2v) is 3.41. The quantitative estimate of drug-likeness (QED) is 0.726. The van der Waals surface area contributed by atoms with Gasteiger partial charge in [0.1, 0.15) is 6.04 Å². The second kappa shape index (κ2) is 4.59. The van der Waals surface area contributed by atoms with E-state index >= 15 is 0 Å². The summed E-state index contributed by atoms with van der Waals surface area (Å²) in [5.41, 5.74) is 6.44. The van der Waals surface area contributed by atoms with E-state index in [0.29, 0.717) is 11.3 Å².